The van der Waals surface area contributed by atoms with E-state index in [1.807, 2.05) is 17.5 Å². The van der Waals surface area contributed by atoms with Crippen LogP contribution in [0.3, 0.4) is 0 Å². The Morgan fingerprint density at radius 2 is 2.35 bits per heavy atom. The molecular formula is C14H21NOS. The molecule has 3 heteroatoms. The number of hydrogen-bond donors (Lipinski definition) is 0. The maximum Gasteiger partial charge on any atom is 0.172 e. The fraction of sp³-hybridized carbons (Fsp3) is 0.643. The number of thiophene rings is 1. The molecule has 2 rings (SSSR count). The van der Waals surface area contributed by atoms with Crippen molar-refractivity contribution in [3.63, 3.8) is 0 Å². The molecule has 1 atom stereocenters. The Balaban J connectivity index is 1.67. The molecule has 1 unspecified atom stereocenters. The highest BCUT2D eigenvalue weighted by Gasteiger charge is 2.30. The van der Waals surface area contributed by atoms with Crippen molar-refractivity contribution in [2.75, 3.05) is 13.6 Å². The number of carbonyl (C=O) groups excluding carboxylic acids is 1. The molecule has 17 heavy (non-hydrogen) atoms. The molecule has 0 radical (unpaired) electrons. The van der Waals surface area contributed by atoms with E-state index >= 15 is 0 Å². The highest BCUT2D eigenvalue weighted by Crippen LogP contribution is 2.34. The molecule has 1 aromatic rings. The zero-order valence-electron chi connectivity index (χ0n) is 10.7. The summed E-state index contributed by atoms with van der Waals surface area (Å²) in [5.74, 6) is 1.21. The lowest BCUT2D eigenvalue weighted by atomic mass is 10.1. The summed E-state index contributed by atoms with van der Waals surface area (Å²) in [6.45, 7) is 3.34. The number of nitrogens with zero attached hydrogens (tertiary/aromatic N) is 1. The lowest BCUT2D eigenvalue weighted by molar-refractivity contribution is 0.0977. The first kappa shape index (κ1) is 12.8. The van der Waals surface area contributed by atoms with E-state index in [1.54, 1.807) is 11.3 Å². The molecule has 94 valence electrons. The molecule has 0 bridgehead atoms. The third kappa shape index (κ3) is 3.65. The minimum Gasteiger partial charge on any atom is -0.303 e. The highest BCUT2D eigenvalue weighted by atomic mass is 32.1. The van der Waals surface area contributed by atoms with Gasteiger partial charge in [0.25, 0.3) is 0 Å². The van der Waals surface area contributed by atoms with Crippen molar-refractivity contribution < 1.29 is 4.79 Å². The van der Waals surface area contributed by atoms with E-state index < -0.39 is 0 Å². The van der Waals surface area contributed by atoms with Gasteiger partial charge in [0, 0.05) is 12.5 Å². The lowest BCUT2D eigenvalue weighted by Crippen LogP contribution is -2.31. The molecule has 0 N–H and O–H groups in total. The van der Waals surface area contributed by atoms with Crippen LogP contribution in [0.5, 0.6) is 0 Å². The third-order valence-corrected chi connectivity index (χ3v) is 4.62. The van der Waals surface area contributed by atoms with Gasteiger partial charge in [0.05, 0.1) is 4.88 Å². The summed E-state index contributed by atoms with van der Waals surface area (Å²) in [4.78, 5) is 15.1. The Morgan fingerprint density at radius 3 is 2.94 bits per heavy atom. The van der Waals surface area contributed by atoms with Crippen molar-refractivity contribution in [3.8, 4) is 0 Å². The first-order valence-corrected chi connectivity index (χ1v) is 7.33. The van der Waals surface area contributed by atoms with E-state index in [0.717, 1.165) is 23.8 Å². The summed E-state index contributed by atoms with van der Waals surface area (Å²) >= 11 is 1.55. The van der Waals surface area contributed by atoms with Crippen molar-refractivity contribution in [2.45, 2.75) is 38.6 Å². The van der Waals surface area contributed by atoms with E-state index in [1.165, 1.54) is 12.8 Å². The van der Waals surface area contributed by atoms with Crippen LogP contribution < -0.4 is 0 Å². The van der Waals surface area contributed by atoms with Crippen molar-refractivity contribution in [2.24, 2.45) is 5.92 Å². The SMILES string of the molecule is CC(C1CC1)N(C)CCCC(=O)c1cccs1. The van der Waals surface area contributed by atoms with Crippen molar-refractivity contribution in [1.82, 2.24) is 4.90 Å². The van der Waals surface area contributed by atoms with Gasteiger partial charge >= 0.3 is 0 Å². The van der Waals surface area contributed by atoms with E-state index in [0.29, 0.717) is 18.2 Å². The summed E-state index contributed by atoms with van der Waals surface area (Å²) in [5.41, 5.74) is 0. The number of Topliss-reactive ketones (excluding diaryl/α,β-unsaturated/α-hetero) is 1. The maximum atomic E-state index is 11.8. The van der Waals surface area contributed by atoms with Crippen LogP contribution in [0, 0.1) is 5.92 Å². The summed E-state index contributed by atoms with van der Waals surface area (Å²) in [6, 6.07) is 4.55. The van der Waals surface area contributed by atoms with Crippen LogP contribution in [-0.2, 0) is 0 Å². The molecule has 1 heterocycles. The van der Waals surface area contributed by atoms with Crippen LogP contribution in [0.15, 0.2) is 17.5 Å². The van der Waals surface area contributed by atoms with Crippen LogP contribution in [0.2, 0.25) is 0 Å². The Hall–Kier alpha value is -0.670. The zero-order chi connectivity index (χ0) is 12.3. The van der Waals surface area contributed by atoms with E-state index in [2.05, 4.69) is 18.9 Å². The van der Waals surface area contributed by atoms with Crippen molar-refractivity contribution in [3.05, 3.63) is 22.4 Å². The molecule has 0 saturated heterocycles. The Bertz CT molecular complexity index is 356. The number of hydrogen-bond acceptors (Lipinski definition) is 3. The van der Waals surface area contributed by atoms with Crippen LogP contribution in [0.1, 0.15) is 42.3 Å². The zero-order valence-corrected chi connectivity index (χ0v) is 11.5. The quantitative estimate of drug-likeness (QED) is 0.692. The Morgan fingerprint density at radius 1 is 1.59 bits per heavy atom. The van der Waals surface area contributed by atoms with Gasteiger partial charge in [-0.05, 0) is 57.1 Å². The second-order valence-corrected chi connectivity index (χ2v) is 6.01. The number of ketones is 1. The van der Waals surface area contributed by atoms with Gasteiger partial charge in [-0.3, -0.25) is 4.79 Å². The topological polar surface area (TPSA) is 20.3 Å². The Labute approximate surface area is 108 Å². The molecule has 0 amide bonds. The number of rotatable bonds is 7. The molecule has 0 spiro atoms. The highest BCUT2D eigenvalue weighted by molar-refractivity contribution is 7.12. The smallest absolute Gasteiger partial charge is 0.172 e. The van der Waals surface area contributed by atoms with Crippen molar-refractivity contribution in [1.29, 1.82) is 0 Å². The van der Waals surface area contributed by atoms with Gasteiger partial charge < -0.3 is 4.90 Å². The van der Waals surface area contributed by atoms with Gasteiger partial charge in [-0.2, -0.15) is 0 Å². The minimum absolute atomic E-state index is 0.299. The second-order valence-electron chi connectivity index (χ2n) is 5.06. The van der Waals surface area contributed by atoms with Gasteiger partial charge in [-0.15, -0.1) is 11.3 Å². The molecule has 1 aromatic heterocycles. The molecule has 1 aliphatic carbocycles. The first-order valence-electron chi connectivity index (χ1n) is 6.45. The molecule has 0 aromatic carbocycles. The third-order valence-electron chi connectivity index (χ3n) is 3.71. The normalized spacial score (nSPS) is 17.4. The minimum atomic E-state index is 0.299. The molecular weight excluding hydrogens is 230 g/mol. The average Bonchev–Trinajstić information content (AvgIpc) is 3.02. The summed E-state index contributed by atoms with van der Waals surface area (Å²) in [5, 5.41) is 1.97. The van der Waals surface area contributed by atoms with Crippen molar-refractivity contribution >= 4 is 17.1 Å². The fourth-order valence-corrected chi connectivity index (χ4v) is 2.89. The maximum absolute atomic E-state index is 11.8. The van der Waals surface area contributed by atoms with E-state index in [-0.39, 0.29) is 0 Å². The summed E-state index contributed by atoms with van der Waals surface area (Å²) in [6.07, 6.45) is 4.44. The average molecular weight is 251 g/mol. The summed E-state index contributed by atoms with van der Waals surface area (Å²) in [7, 11) is 2.18. The lowest BCUT2D eigenvalue weighted by Gasteiger charge is -2.24. The van der Waals surface area contributed by atoms with E-state index in [4.69, 9.17) is 0 Å². The molecule has 1 saturated carbocycles. The molecule has 2 nitrogen and oxygen atoms in total. The largest absolute Gasteiger partial charge is 0.303 e. The monoisotopic (exact) mass is 251 g/mol. The summed E-state index contributed by atoms with van der Waals surface area (Å²) < 4.78 is 0. The van der Waals surface area contributed by atoms with Crippen LogP contribution >= 0.6 is 11.3 Å². The van der Waals surface area contributed by atoms with Crippen LogP contribution in [0.25, 0.3) is 0 Å². The van der Waals surface area contributed by atoms with Gasteiger partial charge in [-0.1, -0.05) is 6.07 Å². The Kier molecular flexibility index (Phi) is 4.35. The van der Waals surface area contributed by atoms with Crippen LogP contribution in [-0.4, -0.2) is 30.3 Å². The van der Waals surface area contributed by atoms with Crippen LogP contribution in [0.4, 0.5) is 0 Å². The predicted molar refractivity (Wildman–Crippen MR) is 72.7 cm³/mol. The molecule has 1 fully saturated rings. The van der Waals surface area contributed by atoms with Gasteiger partial charge in [0.15, 0.2) is 5.78 Å². The van der Waals surface area contributed by atoms with Gasteiger partial charge in [-0.25, -0.2) is 0 Å². The van der Waals surface area contributed by atoms with Gasteiger partial charge in [0.1, 0.15) is 0 Å². The molecule has 1 aliphatic rings. The second kappa shape index (κ2) is 5.78. The molecule has 0 aliphatic heterocycles. The first-order chi connectivity index (χ1) is 8.18. The van der Waals surface area contributed by atoms with Gasteiger partial charge in [0.2, 0.25) is 0 Å². The number of carbonyl (C=O) groups is 1. The fourth-order valence-electron chi connectivity index (χ4n) is 2.19. The standard InChI is InChI=1S/C14H21NOS/c1-11(12-7-8-12)15(2)9-3-5-13(16)14-6-4-10-17-14/h4,6,10-12H,3,5,7-9H2,1-2H3. The van der Waals surface area contributed by atoms with E-state index in [9.17, 15) is 4.79 Å². The predicted octanol–water partition coefficient (Wildman–Crippen LogP) is 3.44.